The molecule has 2 aromatic rings. The van der Waals surface area contributed by atoms with E-state index >= 15 is 0 Å². The highest BCUT2D eigenvalue weighted by molar-refractivity contribution is 8.17. The van der Waals surface area contributed by atoms with E-state index < -0.39 is 0 Å². The van der Waals surface area contributed by atoms with Crippen LogP contribution in [0.2, 0.25) is 5.02 Å². The Bertz CT molecular complexity index is 1050. The summed E-state index contributed by atoms with van der Waals surface area (Å²) in [5.74, 6) is -0.505. The van der Waals surface area contributed by atoms with E-state index in [-0.39, 0.29) is 17.9 Å². The number of carbonyl (C=O) groups excluding carboxylic acids is 2. The smallest absolute Gasteiger partial charge is 0.245 e. The second kappa shape index (κ2) is 8.17. The molecular formula is C23H22ClN2O2S+. The van der Waals surface area contributed by atoms with E-state index in [0.717, 1.165) is 26.6 Å². The van der Waals surface area contributed by atoms with Crippen LogP contribution in [0, 0.1) is 5.92 Å². The maximum Gasteiger partial charge on any atom is 0.501 e. The van der Waals surface area contributed by atoms with Crippen LogP contribution in [0.4, 0.5) is 4.79 Å². The maximum atomic E-state index is 13.4. The molecule has 0 saturated carbocycles. The third-order valence-electron chi connectivity index (χ3n) is 5.49. The fourth-order valence-corrected chi connectivity index (χ4v) is 5.15. The highest BCUT2D eigenvalue weighted by Crippen LogP contribution is 2.41. The predicted octanol–water partition coefficient (Wildman–Crippen LogP) is 5.11. The molecule has 2 aliphatic heterocycles. The van der Waals surface area contributed by atoms with E-state index in [2.05, 4.69) is 0 Å². The van der Waals surface area contributed by atoms with Gasteiger partial charge in [0.25, 0.3) is 0 Å². The largest absolute Gasteiger partial charge is 0.501 e. The number of imide groups is 1. The van der Waals surface area contributed by atoms with Crippen LogP contribution in [-0.2, 0) is 17.8 Å². The van der Waals surface area contributed by atoms with Crippen molar-refractivity contribution in [1.82, 2.24) is 4.90 Å². The van der Waals surface area contributed by atoms with Crippen LogP contribution in [0.15, 0.2) is 65.1 Å². The molecule has 3 amide bonds. The molecule has 4 rings (SSSR count). The summed E-state index contributed by atoms with van der Waals surface area (Å²) in [6, 6.07) is 17.2. The van der Waals surface area contributed by atoms with Crippen LogP contribution in [-0.4, -0.2) is 33.0 Å². The number of nitrogens with zero attached hydrogens (tertiary/aromatic N) is 2. The molecule has 148 valence electrons. The average molecular weight is 426 g/mol. The standard InChI is InChI=1S/C23H22ClN2O2S/c1-15-16(2)29-22-20(15)21(27)25(13-12-17-8-4-3-5-9-17)23(28)26(22)14-18-10-6-7-11-19(18)24/h3-11,20H,12-14H2,1-2H3/q+1. The molecule has 2 aromatic carbocycles. The third kappa shape index (κ3) is 3.77. The first-order valence-corrected chi connectivity index (χ1v) is 10.8. The molecule has 0 radical (unpaired) electrons. The Labute approximate surface area is 179 Å². The average Bonchev–Trinajstić information content (AvgIpc) is 3.02. The van der Waals surface area contributed by atoms with Crippen LogP contribution in [0.3, 0.4) is 0 Å². The minimum atomic E-state index is -0.379. The number of carbonyl (C=O) groups is 2. The lowest BCUT2D eigenvalue weighted by molar-refractivity contribution is -0.454. The maximum absolute atomic E-state index is 13.4. The molecule has 2 heterocycles. The minimum Gasteiger partial charge on any atom is -0.245 e. The van der Waals surface area contributed by atoms with Gasteiger partial charge >= 0.3 is 11.9 Å². The van der Waals surface area contributed by atoms with Crippen molar-refractivity contribution in [3.8, 4) is 0 Å². The molecule has 0 N–H and O–H groups in total. The predicted molar refractivity (Wildman–Crippen MR) is 117 cm³/mol. The van der Waals surface area contributed by atoms with Crippen molar-refractivity contribution >= 4 is 40.3 Å². The van der Waals surface area contributed by atoms with Gasteiger partial charge in [0.1, 0.15) is 13.1 Å². The van der Waals surface area contributed by atoms with Gasteiger partial charge < -0.3 is 0 Å². The van der Waals surface area contributed by atoms with Gasteiger partial charge in [-0.2, -0.15) is 14.3 Å². The first-order chi connectivity index (χ1) is 14.0. The highest BCUT2D eigenvalue weighted by atomic mass is 35.5. The molecule has 6 heteroatoms. The lowest BCUT2D eigenvalue weighted by Gasteiger charge is -2.25. The summed E-state index contributed by atoms with van der Waals surface area (Å²) in [5, 5.41) is 1.42. The molecule has 0 spiro atoms. The van der Waals surface area contributed by atoms with Crippen molar-refractivity contribution in [2.45, 2.75) is 26.8 Å². The molecule has 1 unspecified atom stereocenters. The van der Waals surface area contributed by atoms with Gasteiger partial charge in [-0.3, -0.25) is 0 Å². The third-order valence-corrected chi connectivity index (χ3v) is 7.15. The summed E-state index contributed by atoms with van der Waals surface area (Å²) in [7, 11) is 0. The summed E-state index contributed by atoms with van der Waals surface area (Å²) in [4.78, 5) is 29.1. The first-order valence-electron chi connectivity index (χ1n) is 9.59. The molecule has 0 aliphatic carbocycles. The van der Waals surface area contributed by atoms with Crippen LogP contribution in [0.1, 0.15) is 25.0 Å². The zero-order valence-corrected chi connectivity index (χ0v) is 18.0. The number of urea groups is 1. The Morgan fingerprint density at radius 2 is 1.72 bits per heavy atom. The van der Waals surface area contributed by atoms with E-state index in [0.29, 0.717) is 24.5 Å². The summed E-state index contributed by atoms with van der Waals surface area (Å²) in [6.45, 7) is 4.70. The first kappa shape index (κ1) is 19.9. The van der Waals surface area contributed by atoms with Crippen molar-refractivity contribution in [2.24, 2.45) is 5.92 Å². The Balaban J connectivity index is 1.68. The Kier molecular flexibility index (Phi) is 5.61. The van der Waals surface area contributed by atoms with Gasteiger partial charge in [-0.05, 0) is 36.0 Å². The fourth-order valence-electron chi connectivity index (χ4n) is 3.71. The van der Waals surface area contributed by atoms with Crippen LogP contribution >= 0.6 is 23.4 Å². The van der Waals surface area contributed by atoms with E-state index in [1.54, 1.807) is 4.58 Å². The lowest BCUT2D eigenvalue weighted by atomic mass is 9.98. The van der Waals surface area contributed by atoms with E-state index in [9.17, 15) is 9.59 Å². The van der Waals surface area contributed by atoms with Gasteiger partial charge in [-0.25, -0.2) is 4.79 Å². The summed E-state index contributed by atoms with van der Waals surface area (Å²) in [5.41, 5.74) is 3.00. The lowest BCUT2D eigenvalue weighted by Crippen LogP contribution is -2.53. The van der Waals surface area contributed by atoms with Crippen LogP contribution in [0.5, 0.6) is 0 Å². The zero-order chi connectivity index (χ0) is 20.5. The highest BCUT2D eigenvalue weighted by Gasteiger charge is 2.51. The normalized spacial score (nSPS) is 19.3. The molecule has 0 fully saturated rings. The Morgan fingerprint density at radius 1 is 1.03 bits per heavy atom. The van der Waals surface area contributed by atoms with Gasteiger partial charge in [0, 0.05) is 17.0 Å². The fraction of sp³-hybridized carbons (Fsp3) is 0.261. The molecule has 29 heavy (non-hydrogen) atoms. The Hall–Kier alpha value is -2.37. The zero-order valence-electron chi connectivity index (χ0n) is 16.4. The number of amides is 3. The molecule has 2 aliphatic rings. The number of allylic oxidation sites excluding steroid dienone is 1. The topological polar surface area (TPSA) is 40.4 Å². The van der Waals surface area contributed by atoms with E-state index in [1.807, 2.05) is 68.4 Å². The number of benzene rings is 2. The minimum absolute atomic E-state index is 0.127. The molecule has 4 nitrogen and oxygen atoms in total. The van der Waals surface area contributed by atoms with Crippen molar-refractivity contribution < 1.29 is 14.2 Å². The van der Waals surface area contributed by atoms with Gasteiger partial charge in [0.15, 0.2) is 11.0 Å². The van der Waals surface area contributed by atoms with Gasteiger partial charge in [-0.1, -0.05) is 71.9 Å². The number of hydrogen-bond donors (Lipinski definition) is 0. The SMILES string of the molecule is CC1=C(C)C2C(=O)N(CCc3ccccc3)C(=O)[N+](Cc3ccccc3Cl)=C2S1. The van der Waals surface area contributed by atoms with Crippen molar-refractivity contribution in [2.75, 3.05) is 6.54 Å². The molecule has 0 aromatic heterocycles. The molecule has 1 atom stereocenters. The van der Waals surface area contributed by atoms with Gasteiger partial charge in [-0.15, -0.1) is 0 Å². The summed E-state index contributed by atoms with van der Waals surface area (Å²) < 4.78 is 1.73. The van der Waals surface area contributed by atoms with Crippen molar-refractivity contribution in [1.29, 1.82) is 0 Å². The van der Waals surface area contributed by atoms with E-state index in [4.69, 9.17) is 11.6 Å². The number of fused-ring (bicyclic) bond motifs is 1. The quantitative estimate of drug-likeness (QED) is 0.625. The van der Waals surface area contributed by atoms with Gasteiger partial charge in [0.2, 0.25) is 0 Å². The van der Waals surface area contributed by atoms with Crippen molar-refractivity contribution in [3.63, 3.8) is 0 Å². The number of hydrogen-bond acceptors (Lipinski definition) is 3. The van der Waals surface area contributed by atoms with Crippen LogP contribution in [0.25, 0.3) is 0 Å². The monoisotopic (exact) mass is 425 g/mol. The van der Waals surface area contributed by atoms with Crippen LogP contribution < -0.4 is 0 Å². The number of halogens is 1. The number of rotatable bonds is 5. The van der Waals surface area contributed by atoms with Crippen molar-refractivity contribution in [3.05, 3.63) is 81.2 Å². The Morgan fingerprint density at radius 3 is 2.45 bits per heavy atom. The number of thioether (sulfide) groups is 1. The molecule has 0 bridgehead atoms. The van der Waals surface area contributed by atoms with E-state index in [1.165, 1.54) is 16.7 Å². The summed E-state index contributed by atoms with van der Waals surface area (Å²) in [6.07, 6.45) is 0.634. The van der Waals surface area contributed by atoms with Gasteiger partial charge in [0.05, 0.1) is 0 Å². The molecule has 0 saturated heterocycles. The summed E-state index contributed by atoms with van der Waals surface area (Å²) >= 11 is 7.88. The second-order valence-corrected chi connectivity index (χ2v) is 8.94. The second-order valence-electron chi connectivity index (χ2n) is 7.30. The molecular weight excluding hydrogens is 404 g/mol.